The van der Waals surface area contributed by atoms with Gasteiger partial charge in [0, 0.05) is 22.9 Å². The molecule has 0 saturated carbocycles. The van der Waals surface area contributed by atoms with Crippen molar-refractivity contribution in [2.75, 3.05) is 17.7 Å². The van der Waals surface area contributed by atoms with Crippen LogP contribution in [0, 0.1) is 12.8 Å². The van der Waals surface area contributed by atoms with Crippen molar-refractivity contribution in [3.63, 3.8) is 0 Å². The molecule has 0 unspecified atom stereocenters. The number of carbonyl (C=O) groups excluding carboxylic acids is 2. The average Bonchev–Trinajstić information content (AvgIpc) is 2.55. The molecule has 0 saturated heterocycles. The molecular formula is C19H22N2O3. The second-order valence-electron chi connectivity index (χ2n) is 5.86. The van der Waals surface area contributed by atoms with E-state index in [2.05, 4.69) is 10.6 Å². The molecule has 0 aliphatic rings. The predicted molar refractivity (Wildman–Crippen MR) is 95.6 cm³/mol. The zero-order valence-corrected chi connectivity index (χ0v) is 14.3. The summed E-state index contributed by atoms with van der Waals surface area (Å²) in [6, 6.07) is 12.3. The normalized spacial score (nSPS) is 10.4. The molecule has 0 spiro atoms. The van der Waals surface area contributed by atoms with E-state index in [9.17, 15) is 9.59 Å². The summed E-state index contributed by atoms with van der Waals surface area (Å²) >= 11 is 0. The summed E-state index contributed by atoms with van der Waals surface area (Å²) in [4.78, 5) is 23.9. The second kappa shape index (κ2) is 7.64. The molecule has 5 heteroatoms. The lowest BCUT2D eigenvalue weighted by atomic mass is 10.1. The molecule has 24 heavy (non-hydrogen) atoms. The Balaban J connectivity index is 2.05. The standard InChI is InChI=1S/C19H22N2O3/c1-12(2)18(22)20-15-7-5-14(6-8-15)19(23)21-16-9-10-17(24-4)13(3)11-16/h5-12H,1-4H3,(H,20,22)(H,21,23). The third-order valence-electron chi connectivity index (χ3n) is 3.59. The van der Waals surface area contributed by atoms with Crippen LogP contribution in [-0.2, 0) is 4.79 Å². The Kier molecular flexibility index (Phi) is 5.58. The molecule has 0 aliphatic heterocycles. The van der Waals surface area contributed by atoms with Crippen LogP contribution in [0.15, 0.2) is 42.5 Å². The summed E-state index contributed by atoms with van der Waals surface area (Å²) in [5.41, 5.74) is 2.84. The van der Waals surface area contributed by atoms with E-state index >= 15 is 0 Å². The fourth-order valence-electron chi connectivity index (χ4n) is 2.15. The number of nitrogens with one attached hydrogen (secondary N) is 2. The minimum Gasteiger partial charge on any atom is -0.496 e. The summed E-state index contributed by atoms with van der Waals surface area (Å²) in [5.74, 6) is 0.423. The van der Waals surface area contributed by atoms with Crippen LogP contribution in [0.2, 0.25) is 0 Å². The molecule has 5 nitrogen and oxygen atoms in total. The van der Waals surface area contributed by atoms with E-state index in [1.807, 2.05) is 32.9 Å². The van der Waals surface area contributed by atoms with Crippen molar-refractivity contribution < 1.29 is 14.3 Å². The minimum atomic E-state index is -0.207. The molecule has 0 aromatic heterocycles. The first-order valence-corrected chi connectivity index (χ1v) is 7.77. The van der Waals surface area contributed by atoms with Gasteiger partial charge in [0.05, 0.1) is 7.11 Å². The zero-order chi connectivity index (χ0) is 17.7. The maximum absolute atomic E-state index is 12.3. The Morgan fingerprint density at radius 1 is 0.958 bits per heavy atom. The van der Waals surface area contributed by atoms with E-state index < -0.39 is 0 Å². The first-order valence-electron chi connectivity index (χ1n) is 7.77. The first-order chi connectivity index (χ1) is 11.4. The van der Waals surface area contributed by atoms with Gasteiger partial charge in [-0.05, 0) is 55.0 Å². The van der Waals surface area contributed by atoms with E-state index in [0.29, 0.717) is 16.9 Å². The Hall–Kier alpha value is -2.82. The molecule has 2 aromatic carbocycles. The maximum Gasteiger partial charge on any atom is 0.255 e. The quantitative estimate of drug-likeness (QED) is 0.877. The van der Waals surface area contributed by atoms with Gasteiger partial charge in [-0.2, -0.15) is 0 Å². The molecule has 2 N–H and O–H groups in total. The largest absolute Gasteiger partial charge is 0.496 e. The molecule has 0 fully saturated rings. The highest BCUT2D eigenvalue weighted by atomic mass is 16.5. The van der Waals surface area contributed by atoms with Crippen LogP contribution >= 0.6 is 0 Å². The fraction of sp³-hybridized carbons (Fsp3) is 0.263. The first kappa shape index (κ1) is 17.5. The van der Waals surface area contributed by atoms with Crippen LogP contribution in [0.1, 0.15) is 29.8 Å². The van der Waals surface area contributed by atoms with Crippen molar-refractivity contribution in [2.45, 2.75) is 20.8 Å². The van der Waals surface area contributed by atoms with Gasteiger partial charge < -0.3 is 15.4 Å². The Morgan fingerprint density at radius 3 is 2.12 bits per heavy atom. The summed E-state index contributed by atoms with van der Waals surface area (Å²) in [7, 11) is 1.61. The maximum atomic E-state index is 12.3. The lowest BCUT2D eigenvalue weighted by Crippen LogP contribution is -2.18. The molecule has 0 radical (unpaired) electrons. The van der Waals surface area contributed by atoms with E-state index in [4.69, 9.17) is 4.74 Å². The van der Waals surface area contributed by atoms with Crippen LogP contribution in [0.3, 0.4) is 0 Å². The number of benzene rings is 2. The lowest BCUT2D eigenvalue weighted by Gasteiger charge is -2.10. The molecular weight excluding hydrogens is 304 g/mol. The van der Waals surface area contributed by atoms with Crippen molar-refractivity contribution in [1.29, 1.82) is 0 Å². The van der Waals surface area contributed by atoms with E-state index in [1.54, 1.807) is 37.4 Å². The summed E-state index contributed by atoms with van der Waals surface area (Å²) < 4.78 is 5.20. The molecule has 0 heterocycles. The van der Waals surface area contributed by atoms with Gasteiger partial charge in [0.25, 0.3) is 5.91 Å². The lowest BCUT2D eigenvalue weighted by molar-refractivity contribution is -0.118. The number of aryl methyl sites for hydroxylation is 1. The number of methoxy groups -OCH3 is 1. The summed E-state index contributed by atoms with van der Waals surface area (Å²) in [6.07, 6.45) is 0. The average molecular weight is 326 g/mol. The van der Waals surface area contributed by atoms with Gasteiger partial charge in [0.15, 0.2) is 0 Å². The third kappa shape index (κ3) is 4.35. The monoisotopic (exact) mass is 326 g/mol. The van der Waals surface area contributed by atoms with Crippen LogP contribution < -0.4 is 15.4 Å². The number of amides is 2. The number of hydrogen-bond acceptors (Lipinski definition) is 3. The highest BCUT2D eigenvalue weighted by Gasteiger charge is 2.10. The molecule has 0 bridgehead atoms. The van der Waals surface area contributed by atoms with Crippen molar-refractivity contribution in [3.8, 4) is 5.75 Å². The number of carbonyl (C=O) groups is 2. The predicted octanol–water partition coefficient (Wildman–Crippen LogP) is 3.85. The molecule has 0 aliphatic carbocycles. The molecule has 2 rings (SSSR count). The third-order valence-corrected chi connectivity index (χ3v) is 3.59. The zero-order valence-electron chi connectivity index (χ0n) is 14.3. The van der Waals surface area contributed by atoms with E-state index in [1.165, 1.54) is 0 Å². The Labute approximate surface area is 142 Å². The van der Waals surface area contributed by atoms with E-state index in [-0.39, 0.29) is 17.7 Å². The Bertz CT molecular complexity index is 737. The molecule has 126 valence electrons. The van der Waals surface area contributed by atoms with Gasteiger partial charge in [0.1, 0.15) is 5.75 Å². The van der Waals surface area contributed by atoms with Crippen molar-refractivity contribution in [1.82, 2.24) is 0 Å². The van der Waals surface area contributed by atoms with Gasteiger partial charge in [-0.1, -0.05) is 13.8 Å². The Morgan fingerprint density at radius 2 is 1.58 bits per heavy atom. The molecule has 2 aromatic rings. The highest BCUT2D eigenvalue weighted by molar-refractivity contribution is 6.04. The van der Waals surface area contributed by atoms with Crippen molar-refractivity contribution in [2.24, 2.45) is 5.92 Å². The second-order valence-corrected chi connectivity index (χ2v) is 5.86. The summed E-state index contributed by atoms with van der Waals surface area (Å²) in [6.45, 7) is 5.57. The minimum absolute atomic E-state index is 0.0547. The molecule has 2 amide bonds. The van der Waals surface area contributed by atoms with Crippen LogP contribution in [0.4, 0.5) is 11.4 Å². The van der Waals surface area contributed by atoms with Crippen molar-refractivity contribution in [3.05, 3.63) is 53.6 Å². The van der Waals surface area contributed by atoms with Gasteiger partial charge in [-0.25, -0.2) is 0 Å². The van der Waals surface area contributed by atoms with E-state index in [0.717, 1.165) is 11.3 Å². The number of ether oxygens (including phenoxy) is 1. The highest BCUT2D eigenvalue weighted by Crippen LogP contribution is 2.22. The summed E-state index contributed by atoms with van der Waals surface area (Å²) in [5, 5.41) is 5.64. The van der Waals surface area contributed by atoms with Crippen LogP contribution in [0.5, 0.6) is 5.75 Å². The fourth-order valence-corrected chi connectivity index (χ4v) is 2.15. The molecule has 0 atom stereocenters. The smallest absolute Gasteiger partial charge is 0.255 e. The number of anilines is 2. The van der Waals surface area contributed by atoms with Gasteiger partial charge >= 0.3 is 0 Å². The SMILES string of the molecule is COc1ccc(NC(=O)c2ccc(NC(=O)C(C)C)cc2)cc1C. The number of rotatable bonds is 5. The van der Waals surface area contributed by atoms with Crippen LogP contribution in [0.25, 0.3) is 0 Å². The van der Waals surface area contributed by atoms with Crippen molar-refractivity contribution >= 4 is 23.2 Å². The van der Waals surface area contributed by atoms with Gasteiger partial charge in [-0.3, -0.25) is 9.59 Å². The number of hydrogen-bond donors (Lipinski definition) is 2. The van der Waals surface area contributed by atoms with Crippen LogP contribution in [-0.4, -0.2) is 18.9 Å². The van der Waals surface area contributed by atoms with Gasteiger partial charge in [-0.15, -0.1) is 0 Å². The van der Waals surface area contributed by atoms with Gasteiger partial charge in [0.2, 0.25) is 5.91 Å². The topological polar surface area (TPSA) is 67.4 Å².